The van der Waals surface area contributed by atoms with Gasteiger partial charge in [0.1, 0.15) is 5.75 Å². The van der Waals surface area contributed by atoms with Gasteiger partial charge in [-0.1, -0.05) is 24.3 Å². The standard InChI is InChI=1S/C19H25N3O3/c1-4-20-19(22-13-15-7-5-6-8-17(15)24-2)21-12-14-9-10-18(25-3)16(23)11-14/h5-11,23H,4,12-13H2,1-3H3,(H2,20,21,22). The van der Waals surface area contributed by atoms with E-state index in [1.807, 2.05) is 37.3 Å². The van der Waals surface area contributed by atoms with Gasteiger partial charge in [-0.15, -0.1) is 0 Å². The fraction of sp³-hybridized carbons (Fsp3) is 0.316. The maximum absolute atomic E-state index is 9.85. The fourth-order valence-corrected chi connectivity index (χ4v) is 2.37. The Morgan fingerprint density at radius 2 is 1.80 bits per heavy atom. The van der Waals surface area contributed by atoms with Gasteiger partial charge in [-0.2, -0.15) is 0 Å². The molecular formula is C19H25N3O3. The highest BCUT2D eigenvalue weighted by Crippen LogP contribution is 2.26. The summed E-state index contributed by atoms with van der Waals surface area (Å²) in [5.74, 6) is 2.10. The molecule has 0 amide bonds. The third-order valence-electron chi connectivity index (χ3n) is 3.65. The van der Waals surface area contributed by atoms with E-state index in [0.29, 0.717) is 24.8 Å². The minimum Gasteiger partial charge on any atom is -0.504 e. The van der Waals surface area contributed by atoms with E-state index in [9.17, 15) is 5.11 Å². The topological polar surface area (TPSA) is 75.1 Å². The van der Waals surface area contributed by atoms with Gasteiger partial charge in [0.25, 0.3) is 0 Å². The number of hydrogen-bond donors (Lipinski definition) is 3. The molecule has 6 heteroatoms. The Hall–Kier alpha value is -2.89. The molecule has 2 aromatic carbocycles. The number of benzene rings is 2. The molecule has 2 aromatic rings. The van der Waals surface area contributed by atoms with Crippen LogP contribution >= 0.6 is 0 Å². The molecule has 0 radical (unpaired) electrons. The number of nitrogens with zero attached hydrogens (tertiary/aromatic N) is 1. The molecular weight excluding hydrogens is 318 g/mol. The van der Waals surface area contributed by atoms with Crippen molar-refractivity contribution in [1.82, 2.24) is 10.6 Å². The first kappa shape index (κ1) is 18.4. The Balaban J connectivity index is 2.04. The number of ether oxygens (including phenoxy) is 2. The summed E-state index contributed by atoms with van der Waals surface area (Å²) in [7, 11) is 3.19. The largest absolute Gasteiger partial charge is 0.504 e. The summed E-state index contributed by atoms with van der Waals surface area (Å²) in [6, 6.07) is 13.1. The Kier molecular flexibility index (Phi) is 6.95. The molecule has 0 atom stereocenters. The van der Waals surface area contributed by atoms with Crippen molar-refractivity contribution in [3.8, 4) is 17.2 Å². The molecule has 2 rings (SSSR count). The molecule has 0 fully saturated rings. The van der Waals surface area contributed by atoms with Crippen LogP contribution in [0, 0.1) is 0 Å². The zero-order valence-corrected chi connectivity index (χ0v) is 14.9. The lowest BCUT2D eigenvalue weighted by Crippen LogP contribution is -2.36. The van der Waals surface area contributed by atoms with Crippen LogP contribution in [0.2, 0.25) is 0 Å². The second kappa shape index (κ2) is 9.42. The Labute approximate surface area is 148 Å². The number of aliphatic imine (C=N–C) groups is 1. The van der Waals surface area contributed by atoms with Gasteiger partial charge in [-0.25, -0.2) is 4.99 Å². The van der Waals surface area contributed by atoms with Crippen LogP contribution in [0.5, 0.6) is 17.2 Å². The quantitative estimate of drug-likeness (QED) is 0.532. The van der Waals surface area contributed by atoms with Gasteiger partial charge in [0.15, 0.2) is 17.5 Å². The minimum absolute atomic E-state index is 0.113. The molecule has 134 valence electrons. The lowest BCUT2D eigenvalue weighted by Gasteiger charge is -2.13. The maximum Gasteiger partial charge on any atom is 0.191 e. The second-order valence-electron chi connectivity index (χ2n) is 5.37. The first-order valence-electron chi connectivity index (χ1n) is 8.17. The normalized spacial score (nSPS) is 11.1. The number of aromatic hydroxyl groups is 1. The first-order chi connectivity index (χ1) is 12.2. The van der Waals surface area contributed by atoms with Crippen molar-refractivity contribution in [1.29, 1.82) is 0 Å². The monoisotopic (exact) mass is 343 g/mol. The molecule has 6 nitrogen and oxygen atoms in total. The predicted molar refractivity (Wildman–Crippen MR) is 99.3 cm³/mol. The predicted octanol–water partition coefficient (Wildman–Crippen LogP) is 2.66. The average molecular weight is 343 g/mol. The Bertz CT molecular complexity index is 717. The van der Waals surface area contributed by atoms with Crippen molar-refractivity contribution in [2.24, 2.45) is 4.99 Å². The molecule has 0 unspecified atom stereocenters. The summed E-state index contributed by atoms with van der Waals surface area (Å²) < 4.78 is 10.4. The highest BCUT2D eigenvalue weighted by Gasteiger charge is 2.05. The van der Waals surface area contributed by atoms with Crippen LogP contribution < -0.4 is 20.1 Å². The van der Waals surface area contributed by atoms with Crippen molar-refractivity contribution >= 4 is 5.96 Å². The third kappa shape index (κ3) is 5.31. The van der Waals surface area contributed by atoms with E-state index in [0.717, 1.165) is 23.4 Å². The summed E-state index contributed by atoms with van der Waals surface area (Å²) in [5.41, 5.74) is 1.95. The van der Waals surface area contributed by atoms with Crippen molar-refractivity contribution in [3.63, 3.8) is 0 Å². The molecule has 0 aliphatic heterocycles. The van der Waals surface area contributed by atoms with Crippen LogP contribution in [0.3, 0.4) is 0 Å². The number of nitrogens with one attached hydrogen (secondary N) is 2. The smallest absolute Gasteiger partial charge is 0.191 e. The highest BCUT2D eigenvalue weighted by molar-refractivity contribution is 5.79. The molecule has 3 N–H and O–H groups in total. The van der Waals surface area contributed by atoms with E-state index in [-0.39, 0.29) is 5.75 Å². The Morgan fingerprint density at radius 1 is 1.04 bits per heavy atom. The number of hydrogen-bond acceptors (Lipinski definition) is 4. The van der Waals surface area contributed by atoms with Crippen LogP contribution in [-0.4, -0.2) is 31.8 Å². The van der Waals surface area contributed by atoms with E-state index in [1.165, 1.54) is 7.11 Å². The SMILES string of the molecule is CCNC(=NCc1ccc(OC)c(O)c1)NCc1ccccc1OC. The third-order valence-corrected chi connectivity index (χ3v) is 3.65. The van der Waals surface area contributed by atoms with Gasteiger partial charge in [0, 0.05) is 18.7 Å². The summed E-state index contributed by atoms with van der Waals surface area (Å²) in [4.78, 5) is 4.55. The van der Waals surface area contributed by atoms with E-state index in [2.05, 4.69) is 15.6 Å². The molecule has 0 spiro atoms. The molecule has 0 aliphatic carbocycles. The van der Waals surface area contributed by atoms with Gasteiger partial charge >= 0.3 is 0 Å². The van der Waals surface area contributed by atoms with Crippen molar-refractivity contribution in [2.75, 3.05) is 20.8 Å². The van der Waals surface area contributed by atoms with E-state index < -0.39 is 0 Å². The lowest BCUT2D eigenvalue weighted by molar-refractivity contribution is 0.373. The highest BCUT2D eigenvalue weighted by atomic mass is 16.5. The number of rotatable bonds is 7. The zero-order valence-electron chi connectivity index (χ0n) is 14.9. The number of guanidine groups is 1. The lowest BCUT2D eigenvalue weighted by atomic mass is 10.2. The molecule has 0 aromatic heterocycles. The average Bonchev–Trinajstić information content (AvgIpc) is 2.64. The van der Waals surface area contributed by atoms with Crippen molar-refractivity contribution in [2.45, 2.75) is 20.0 Å². The maximum atomic E-state index is 9.85. The summed E-state index contributed by atoms with van der Waals surface area (Å²) >= 11 is 0. The number of phenols is 1. The van der Waals surface area contributed by atoms with Crippen molar-refractivity contribution in [3.05, 3.63) is 53.6 Å². The van der Waals surface area contributed by atoms with E-state index >= 15 is 0 Å². The van der Waals surface area contributed by atoms with Gasteiger partial charge in [-0.05, 0) is 30.7 Å². The van der Waals surface area contributed by atoms with Crippen molar-refractivity contribution < 1.29 is 14.6 Å². The minimum atomic E-state index is 0.113. The van der Waals surface area contributed by atoms with Crippen LogP contribution in [0.4, 0.5) is 0 Å². The molecule has 0 saturated carbocycles. The zero-order chi connectivity index (χ0) is 18.1. The fourth-order valence-electron chi connectivity index (χ4n) is 2.37. The van der Waals surface area contributed by atoms with Gasteiger partial charge < -0.3 is 25.2 Å². The van der Waals surface area contributed by atoms with Gasteiger partial charge in [-0.3, -0.25) is 0 Å². The van der Waals surface area contributed by atoms with E-state index in [1.54, 1.807) is 19.2 Å². The summed E-state index contributed by atoms with van der Waals surface area (Å²) in [6.07, 6.45) is 0. The summed E-state index contributed by atoms with van der Waals surface area (Å²) in [6.45, 7) is 3.81. The number of para-hydroxylation sites is 1. The van der Waals surface area contributed by atoms with Gasteiger partial charge in [0.2, 0.25) is 0 Å². The van der Waals surface area contributed by atoms with E-state index in [4.69, 9.17) is 9.47 Å². The second-order valence-corrected chi connectivity index (χ2v) is 5.37. The molecule has 0 bridgehead atoms. The van der Waals surface area contributed by atoms with Crippen LogP contribution in [-0.2, 0) is 13.1 Å². The molecule has 0 heterocycles. The van der Waals surface area contributed by atoms with Crippen LogP contribution in [0.15, 0.2) is 47.5 Å². The van der Waals surface area contributed by atoms with Crippen LogP contribution in [0.1, 0.15) is 18.1 Å². The first-order valence-corrected chi connectivity index (χ1v) is 8.17. The molecule has 0 saturated heterocycles. The summed E-state index contributed by atoms with van der Waals surface area (Å²) in [5, 5.41) is 16.4. The van der Waals surface area contributed by atoms with Crippen LogP contribution in [0.25, 0.3) is 0 Å². The molecule has 25 heavy (non-hydrogen) atoms. The Morgan fingerprint density at radius 3 is 2.48 bits per heavy atom. The van der Waals surface area contributed by atoms with Gasteiger partial charge in [0.05, 0.1) is 20.8 Å². The number of methoxy groups -OCH3 is 2. The molecule has 0 aliphatic rings. The number of phenolic OH excluding ortho intramolecular Hbond substituents is 1.